The van der Waals surface area contributed by atoms with Gasteiger partial charge < -0.3 is 4.74 Å². The van der Waals surface area contributed by atoms with Crippen LogP contribution in [0.5, 0.6) is 0 Å². The van der Waals surface area contributed by atoms with Gasteiger partial charge in [0.05, 0.1) is 7.11 Å². The summed E-state index contributed by atoms with van der Waals surface area (Å²) in [5, 5.41) is 7.53. The minimum atomic E-state index is 0. The molecule has 2 nitrogen and oxygen atoms in total. The Balaban J connectivity index is 0.00000144. The standard InChI is InChI=1S/C14H13NO.ClH/c1-16-14(15)13-9-7-12(8-10-13)11-5-3-2-4-6-11;/h2-10,15H,1H3;1H. The van der Waals surface area contributed by atoms with Crippen LogP contribution in [-0.4, -0.2) is 13.0 Å². The second kappa shape index (κ2) is 6.06. The van der Waals surface area contributed by atoms with Crippen molar-refractivity contribution in [3.05, 3.63) is 60.2 Å². The molecule has 0 radical (unpaired) electrons. The Kier molecular flexibility index (Phi) is 4.73. The normalized spacial score (nSPS) is 9.24. The van der Waals surface area contributed by atoms with E-state index in [2.05, 4.69) is 12.1 Å². The molecule has 0 unspecified atom stereocenters. The van der Waals surface area contributed by atoms with Gasteiger partial charge in [-0.25, -0.2) is 0 Å². The molecule has 0 spiro atoms. The highest BCUT2D eigenvalue weighted by Gasteiger charge is 2.01. The first-order valence-electron chi connectivity index (χ1n) is 5.09. The molecule has 2 aromatic rings. The predicted octanol–water partition coefficient (Wildman–Crippen LogP) is 3.75. The first-order chi connectivity index (χ1) is 7.81. The lowest BCUT2D eigenvalue weighted by Crippen LogP contribution is -2.00. The van der Waals surface area contributed by atoms with Crippen LogP contribution in [0.15, 0.2) is 54.6 Å². The van der Waals surface area contributed by atoms with Crippen LogP contribution in [0.2, 0.25) is 0 Å². The van der Waals surface area contributed by atoms with Gasteiger partial charge in [0.15, 0.2) is 0 Å². The second-order valence-corrected chi connectivity index (χ2v) is 3.48. The average Bonchev–Trinajstić information content (AvgIpc) is 2.39. The molecule has 0 aliphatic rings. The number of ether oxygens (including phenoxy) is 1. The van der Waals surface area contributed by atoms with Gasteiger partial charge in [-0.2, -0.15) is 0 Å². The van der Waals surface area contributed by atoms with Crippen LogP contribution in [0.1, 0.15) is 5.56 Å². The molecule has 0 aliphatic carbocycles. The monoisotopic (exact) mass is 247 g/mol. The summed E-state index contributed by atoms with van der Waals surface area (Å²) < 4.78 is 4.87. The molecule has 88 valence electrons. The molecule has 17 heavy (non-hydrogen) atoms. The SMILES string of the molecule is COC(=N)c1ccc(-c2ccccc2)cc1.Cl. The van der Waals surface area contributed by atoms with Crippen molar-refractivity contribution >= 4 is 18.3 Å². The summed E-state index contributed by atoms with van der Waals surface area (Å²) in [6.07, 6.45) is 0. The largest absolute Gasteiger partial charge is 0.481 e. The molecule has 0 saturated carbocycles. The van der Waals surface area contributed by atoms with E-state index in [0.29, 0.717) is 0 Å². The van der Waals surface area contributed by atoms with E-state index in [0.717, 1.165) is 11.1 Å². The van der Waals surface area contributed by atoms with E-state index >= 15 is 0 Å². The summed E-state index contributed by atoms with van der Waals surface area (Å²) in [7, 11) is 1.51. The van der Waals surface area contributed by atoms with Crippen LogP contribution in [0.25, 0.3) is 11.1 Å². The van der Waals surface area contributed by atoms with Crippen molar-refractivity contribution in [2.45, 2.75) is 0 Å². The summed E-state index contributed by atoms with van der Waals surface area (Å²) in [5.41, 5.74) is 3.12. The highest BCUT2D eigenvalue weighted by Crippen LogP contribution is 2.19. The minimum Gasteiger partial charge on any atom is -0.481 e. The van der Waals surface area contributed by atoms with Crippen molar-refractivity contribution in [3.63, 3.8) is 0 Å². The Morgan fingerprint density at radius 1 is 0.882 bits per heavy atom. The molecule has 0 aliphatic heterocycles. The highest BCUT2D eigenvalue weighted by molar-refractivity contribution is 5.92. The lowest BCUT2D eigenvalue weighted by Gasteiger charge is -2.04. The average molecular weight is 248 g/mol. The van der Waals surface area contributed by atoms with Crippen LogP contribution in [0.3, 0.4) is 0 Å². The van der Waals surface area contributed by atoms with E-state index in [1.807, 2.05) is 42.5 Å². The topological polar surface area (TPSA) is 33.1 Å². The number of hydrogen-bond donors (Lipinski definition) is 1. The van der Waals surface area contributed by atoms with Gasteiger partial charge >= 0.3 is 0 Å². The van der Waals surface area contributed by atoms with Gasteiger partial charge in [-0.3, -0.25) is 5.41 Å². The molecule has 0 aromatic heterocycles. The molecule has 2 rings (SSSR count). The Morgan fingerprint density at radius 3 is 1.94 bits per heavy atom. The summed E-state index contributed by atoms with van der Waals surface area (Å²) in [6.45, 7) is 0. The smallest absolute Gasteiger partial charge is 0.212 e. The lowest BCUT2D eigenvalue weighted by atomic mass is 10.0. The Hall–Kier alpha value is -1.80. The number of halogens is 1. The maximum atomic E-state index is 7.53. The molecular weight excluding hydrogens is 234 g/mol. The van der Waals surface area contributed by atoms with E-state index < -0.39 is 0 Å². The maximum absolute atomic E-state index is 7.53. The number of rotatable bonds is 2. The third-order valence-electron chi connectivity index (χ3n) is 2.46. The minimum absolute atomic E-state index is 0. The molecule has 1 N–H and O–H groups in total. The Bertz CT molecular complexity index is 479. The van der Waals surface area contributed by atoms with Crippen molar-refractivity contribution in [2.75, 3.05) is 7.11 Å². The number of benzene rings is 2. The molecule has 0 fully saturated rings. The third-order valence-corrected chi connectivity index (χ3v) is 2.46. The van der Waals surface area contributed by atoms with Crippen LogP contribution in [-0.2, 0) is 4.74 Å². The number of methoxy groups -OCH3 is 1. The summed E-state index contributed by atoms with van der Waals surface area (Å²) in [5.74, 6) is 0.194. The van der Waals surface area contributed by atoms with Gasteiger partial charge in [0.2, 0.25) is 5.90 Å². The maximum Gasteiger partial charge on any atom is 0.212 e. The molecule has 0 heterocycles. The van der Waals surface area contributed by atoms with E-state index in [1.165, 1.54) is 12.7 Å². The second-order valence-electron chi connectivity index (χ2n) is 3.48. The van der Waals surface area contributed by atoms with E-state index in [4.69, 9.17) is 10.1 Å². The summed E-state index contributed by atoms with van der Waals surface area (Å²) in [4.78, 5) is 0. The zero-order valence-electron chi connectivity index (χ0n) is 9.51. The first-order valence-corrected chi connectivity index (χ1v) is 5.09. The van der Waals surface area contributed by atoms with E-state index in [9.17, 15) is 0 Å². The van der Waals surface area contributed by atoms with Gasteiger partial charge in [0.25, 0.3) is 0 Å². The van der Waals surface area contributed by atoms with E-state index in [-0.39, 0.29) is 18.3 Å². The highest BCUT2D eigenvalue weighted by atomic mass is 35.5. The fourth-order valence-corrected chi connectivity index (χ4v) is 1.56. The van der Waals surface area contributed by atoms with Crippen molar-refractivity contribution in [3.8, 4) is 11.1 Å². The Morgan fingerprint density at radius 2 is 1.41 bits per heavy atom. The molecule has 0 atom stereocenters. The predicted molar refractivity (Wildman–Crippen MR) is 73.0 cm³/mol. The zero-order valence-corrected chi connectivity index (χ0v) is 10.3. The van der Waals surface area contributed by atoms with E-state index in [1.54, 1.807) is 0 Å². The fraction of sp³-hybridized carbons (Fsp3) is 0.0714. The molecule has 3 heteroatoms. The number of hydrogen-bond acceptors (Lipinski definition) is 2. The van der Waals surface area contributed by atoms with Gasteiger partial charge in [-0.15, -0.1) is 12.4 Å². The van der Waals surface area contributed by atoms with Crippen molar-refractivity contribution < 1.29 is 4.74 Å². The van der Waals surface area contributed by atoms with Crippen molar-refractivity contribution in [1.29, 1.82) is 5.41 Å². The van der Waals surface area contributed by atoms with Crippen LogP contribution < -0.4 is 0 Å². The first kappa shape index (κ1) is 13.3. The lowest BCUT2D eigenvalue weighted by molar-refractivity contribution is 0.401. The molecule has 0 bridgehead atoms. The van der Waals surface area contributed by atoms with Crippen LogP contribution in [0.4, 0.5) is 0 Å². The van der Waals surface area contributed by atoms with Crippen LogP contribution in [0, 0.1) is 5.41 Å². The van der Waals surface area contributed by atoms with Gasteiger partial charge in [-0.1, -0.05) is 42.5 Å². The van der Waals surface area contributed by atoms with Crippen molar-refractivity contribution in [1.82, 2.24) is 0 Å². The van der Waals surface area contributed by atoms with Gasteiger partial charge in [0, 0.05) is 5.56 Å². The molecule has 0 saturated heterocycles. The van der Waals surface area contributed by atoms with Gasteiger partial charge in [0.1, 0.15) is 0 Å². The summed E-state index contributed by atoms with van der Waals surface area (Å²) >= 11 is 0. The zero-order chi connectivity index (χ0) is 11.4. The number of nitrogens with one attached hydrogen (secondary N) is 1. The third kappa shape index (κ3) is 3.08. The molecule has 2 aromatic carbocycles. The quantitative estimate of drug-likeness (QED) is 0.636. The Labute approximate surface area is 107 Å². The molecule has 0 amide bonds. The summed E-state index contributed by atoms with van der Waals surface area (Å²) in [6, 6.07) is 17.9. The van der Waals surface area contributed by atoms with Crippen molar-refractivity contribution in [2.24, 2.45) is 0 Å². The van der Waals surface area contributed by atoms with Crippen LogP contribution >= 0.6 is 12.4 Å². The molecular formula is C14H14ClNO. The van der Waals surface area contributed by atoms with Gasteiger partial charge in [-0.05, 0) is 23.3 Å². The fourth-order valence-electron chi connectivity index (χ4n) is 1.56.